The Morgan fingerprint density at radius 1 is 1.11 bits per heavy atom. The summed E-state index contributed by atoms with van der Waals surface area (Å²) in [6, 6.07) is -1.83. The Morgan fingerprint density at radius 3 is 2.42 bits per heavy atom. The van der Waals surface area contributed by atoms with Gasteiger partial charge in [0.05, 0.1) is 18.8 Å². The number of carboxylic acids is 1. The van der Waals surface area contributed by atoms with Crippen molar-refractivity contribution in [3.05, 3.63) is 0 Å². The summed E-state index contributed by atoms with van der Waals surface area (Å²) in [4.78, 5) is 48.0. The highest BCUT2D eigenvalue weighted by Gasteiger charge is 2.37. The fourth-order valence-electron chi connectivity index (χ4n) is 3.68. The Kier molecular flexibility index (Phi) is 14.5. The van der Waals surface area contributed by atoms with E-state index in [0.29, 0.717) is 38.6 Å². The molecule has 13 heteroatoms. The first-order chi connectivity index (χ1) is 17.0. The van der Waals surface area contributed by atoms with E-state index in [1.165, 1.54) is 13.8 Å². The van der Waals surface area contributed by atoms with Gasteiger partial charge in [-0.25, -0.2) is 4.79 Å². The zero-order chi connectivity index (χ0) is 27.3. The van der Waals surface area contributed by atoms with E-state index in [4.69, 9.17) is 15.2 Å². The number of unbranched alkanes of at least 4 members (excludes halogenated alkanes) is 1. The molecule has 1 saturated heterocycles. The van der Waals surface area contributed by atoms with Crippen LogP contribution in [0.3, 0.4) is 0 Å². The van der Waals surface area contributed by atoms with Crippen LogP contribution in [0.2, 0.25) is 0 Å². The van der Waals surface area contributed by atoms with Crippen molar-refractivity contribution in [3.63, 3.8) is 0 Å². The minimum atomic E-state index is -1.12. The number of aliphatic hydroxyl groups is 2. The molecule has 0 aliphatic carbocycles. The summed E-state index contributed by atoms with van der Waals surface area (Å²) in [5.41, 5.74) is 5.40. The van der Waals surface area contributed by atoms with E-state index in [1.807, 2.05) is 0 Å². The maximum atomic E-state index is 12.5. The number of aliphatic carboxylic acids is 1. The van der Waals surface area contributed by atoms with Crippen molar-refractivity contribution in [2.24, 2.45) is 11.7 Å². The van der Waals surface area contributed by atoms with Gasteiger partial charge in [0.2, 0.25) is 17.7 Å². The fourth-order valence-corrected chi connectivity index (χ4v) is 3.68. The van der Waals surface area contributed by atoms with Crippen molar-refractivity contribution >= 4 is 23.7 Å². The highest BCUT2D eigenvalue weighted by Crippen LogP contribution is 2.27. The minimum absolute atomic E-state index is 0.0382. The molecular weight excluding hydrogens is 476 g/mol. The number of hydrogen-bond acceptors (Lipinski definition) is 9. The number of ether oxygens (including phenoxy) is 2. The van der Waals surface area contributed by atoms with Gasteiger partial charge >= 0.3 is 5.97 Å². The molecular formula is C23H42N4O9. The summed E-state index contributed by atoms with van der Waals surface area (Å²) >= 11 is 0. The second-order valence-corrected chi connectivity index (χ2v) is 9.11. The van der Waals surface area contributed by atoms with Crippen LogP contribution in [0.25, 0.3) is 0 Å². The number of carbonyl (C=O) groups is 4. The van der Waals surface area contributed by atoms with Gasteiger partial charge in [-0.2, -0.15) is 0 Å². The van der Waals surface area contributed by atoms with E-state index in [0.717, 1.165) is 0 Å². The lowest BCUT2D eigenvalue weighted by Gasteiger charge is -2.38. The third-order valence-electron chi connectivity index (χ3n) is 6.03. The summed E-state index contributed by atoms with van der Waals surface area (Å²) in [5.74, 6) is -2.89. The van der Waals surface area contributed by atoms with E-state index in [1.54, 1.807) is 6.92 Å². The van der Waals surface area contributed by atoms with Crippen molar-refractivity contribution in [3.8, 4) is 0 Å². The van der Waals surface area contributed by atoms with Gasteiger partial charge in [0, 0.05) is 25.3 Å². The second-order valence-electron chi connectivity index (χ2n) is 9.11. The maximum Gasteiger partial charge on any atom is 0.326 e. The molecule has 7 atom stereocenters. The number of hydrogen-bond donors (Lipinski definition) is 7. The Hall–Kier alpha value is -2.32. The maximum absolute atomic E-state index is 12.5. The van der Waals surface area contributed by atoms with Crippen LogP contribution in [-0.4, -0.2) is 95.4 Å². The molecule has 1 aliphatic heterocycles. The highest BCUT2D eigenvalue weighted by molar-refractivity contribution is 5.89. The molecule has 13 nitrogen and oxygen atoms in total. The molecule has 1 aliphatic rings. The minimum Gasteiger partial charge on any atom is -0.480 e. The van der Waals surface area contributed by atoms with Gasteiger partial charge in [-0.05, 0) is 46.1 Å². The molecule has 0 aromatic heterocycles. The van der Waals surface area contributed by atoms with Crippen molar-refractivity contribution in [2.45, 2.75) is 96.0 Å². The highest BCUT2D eigenvalue weighted by atomic mass is 16.6. The quantitative estimate of drug-likeness (QED) is 0.119. The van der Waals surface area contributed by atoms with Crippen LogP contribution in [0.4, 0.5) is 0 Å². The van der Waals surface area contributed by atoms with E-state index < -0.39 is 66.3 Å². The number of amides is 3. The van der Waals surface area contributed by atoms with E-state index in [-0.39, 0.29) is 19.6 Å². The summed E-state index contributed by atoms with van der Waals surface area (Å²) in [7, 11) is 0. The molecule has 1 heterocycles. The summed E-state index contributed by atoms with van der Waals surface area (Å²) in [6.07, 6.45) is -0.913. The first-order valence-corrected chi connectivity index (χ1v) is 12.4. The van der Waals surface area contributed by atoms with Gasteiger partial charge in [-0.15, -0.1) is 0 Å². The Morgan fingerprint density at radius 2 is 1.81 bits per heavy atom. The fraction of sp³-hybridized carbons (Fsp3) is 0.826. The molecule has 208 valence electrons. The Bertz CT molecular complexity index is 724. The first-order valence-electron chi connectivity index (χ1n) is 12.4. The van der Waals surface area contributed by atoms with Crippen LogP contribution in [0.1, 0.15) is 59.3 Å². The van der Waals surface area contributed by atoms with E-state index in [9.17, 15) is 34.5 Å². The molecule has 1 unspecified atom stereocenters. The lowest BCUT2D eigenvalue weighted by Crippen LogP contribution is -2.51. The van der Waals surface area contributed by atoms with Crippen molar-refractivity contribution in [1.82, 2.24) is 16.0 Å². The van der Waals surface area contributed by atoms with Crippen molar-refractivity contribution in [1.29, 1.82) is 0 Å². The predicted molar refractivity (Wildman–Crippen MR) is 128 cm³/mol. The van der Waals surface area contributed by atoms with Crippen molar-refractivity contribution < 1.29 is 44.0 Å². The molecule has 36 heavy (non-hydrogen) atoms. The largest absolute Gasteiger partial charge is 0.480 e. The zero-order valence-corrected chi connectivity index (χ0v) is 21.3. The first kappa shape index (κ1) is 31.7. The van der Waals surface area contributed by atoms with Crippen molar-refractivity contribution in [2.75, 3.05) is 19.7 Å². The molecule has 0 saturated carbocycles. The number of nitrogens with one attached hydrogen (secondary N) is 3. The lowest BCUT2D eigenvalue weighted by atomic mass is 9.95. The zero-order valence-electron chi connectivity index (χ0n) is 21.3. The Balaban J connectivity index is 2.36. The van der Waals surface area contributed by atoms with Gasteiger partial charge in [0.15, 0.2) is 6.29 Å². The average Bonchev–Trinajstić information content (AvgIpc) is 2.83. The van der Waals surface area contributed by atoms with Gasteiger partial charge in [-0.3, -0.25) is 14.4 Å². The number of carbonyl (C=O) groups excluding carboxylic acids is 3. The molecule has 3 amide bonds. The molecule has 0 radical (unpaired) electrons. The van der Waals surface area contributed by atoms with Crippen LogP contribution in [0, 0.1) is 5.92 Å². The molecule has 0 spiro atoms. The van der Waals surface area contributed by atoms with Crippen LogP contribution < -0.4 is 21.7 Å². The van der Waals surface area contributed by atoms with Gasteiger partial charge < -0.3 is 46.5 Å². The second kappa shape index (κ2) is 16.4. The standard InChI is InChI=1S/C23H42N4O9/c1-13-18(11-16(12-28)36-23(13)34)35-15(3)21(31)26-14(2)20(30)25-10-6-8-19(29)27-17(22(32)33)7-4-5-9-24/h13-18,23,28,34H,4-12,24H2,1-3H3,(H,25,30)(H,26,31)(H,27,29)(H,32,33)/t13?,14-,15+,16-,17-,18-,23+/m0/s1. The number of carboxylic acid groups (broad SMARTS) is 1. The smallest absolute Gasteiger partial charge is 0.326 e. The third kappa shape index (κ3) is 11.2. The molecule has 0 bridgehead atoms. The van der Waals surface area contributed by atoms with Crippen LogP contribution in [0.5, 0.6) is 0 Å². The van der Waals surface area contributed by atoms with Gasteiger partial charge in [0.1, 0.15) is 18.2 Å². The Labute approximate surface area is 211 Å². The summed E-state index contributed by atoms with van der Waals surface area (Å²) < 4.78 is 11.0. The van der Waals surface area contributed by atoms with E-state index >= 15 is 0 Å². The summed E-state index contributed by atoms with van der Waals surface area (Å²) in [5, 5.41) is 36.1. The van der Waals surface area contributed by atoms with Crippen LogP contribution >= 0.6 is 0 Å². The molecule has 1 rings (SSSR count). The normalized spacial score (nSPS) is 24.3. The number of rotatable bonds is 16. The molecule has 0 aromatic rings. The predicted octanol–water partition coefficient (Wildman–Crippen LogP) is -1.40. The van der Waals surface area contributed by atoms with Crippen LogP contribution in [0.15, 0.2) is 0 Å². The summed E-state index contributed by atoms with van der Waals surface area (Å²) in [6.45, 7) is 5.10. The third-order valence-corrected chi connectivity index (χ3v) is 6.03. The van der Waals surface area contributed by atoms with Gasteiger partial charge in [0.25, 0.3) is 0 Å². The monoisotopic (exact) mass is 518 g/mol. The molecule has 1 fully saturated rings. The molecule has 8 N–H and O–H groups in total. The SMILES string of the molecule is CC1[C@H](O)O[C@H](CO)C[C@@H]1O[C@H](C)C(=O)N[C@@H](C)C(=O)NCCCC(=O)N[C@@H](CCCCN)C(=O)O. The number of aliphatic hydroxyl groups excluding tert-OH is 2. The average molecular weight is 519 g/mol. The lowest BCUT2D eigenvalue weighted by molar-refractivity contribution is -0.240. The topological polar surface area (TPSA) is 210 Å². The van der Waals surface area contributed by atoms with Crippen LogP contribution in [-0.2, 0) is 28.7 Å². The number of nitrogens with two attached hydrogens (primary N) is 1. The van der Waals surface area contributed by atoms with E-state index in [2.05, 4.69) is 16.0 Å². The van der Waals surface area contributed by atoms with Gasteiger partial charge in [-0.1, -0.05) is 6.92 Å². The molecule has 0 aromatic carbocycles.